The molecule has 1 aliphatic rings. The number of para-hydroxylation sites is 1. The Morgan fingerprint density at radius 2 is 1.96 bits per heavy atom. The standard InChI is InChI=1S/C20H25NO2/c1-16-9-5-6-10-19(16)23-12-8-7-11-21(4)17-13-18(22)15-20(2,3)14-17/h5-6,9-10,13H,11-12,14-15H2,1-4H3. The highest BCUT2D eigenvalue weighted by Crippen LogP contribution is 2.34. The van der Waals surface area contributed by atoms with E-state index in [9.17, 15) is 4.79 Å². The maximum Gasteiger partial charge on any atom is 0.157 e. The first-order valence-corrected chi connectivity index (χ1v) is 7.96. The maximum atomic E-state index is 11.8. The molecule has 0 spiro atoms. The molecular weight excluding hydrogens is 286 g/mol. The zero-order chi connectivity index (χ0) is 16.9. The lowest BCUT2D eigenvalue weighted by atomic mass is 9.78. The van der Waals surface area contributed by atoms with Crippen molar-refractivity contribution in [3.05, 3.63) is 41.6 Å². The fraction of sp³-hybridized carbons (Fsp3) is 0.450. The largest absolute Gasteiger partial charge is 0.481 e. The number of nitrogens with zero attached hydrogens (tertiary/aromatic N) is 1. The van der Waals surface area contributed by atoms with Crippen LogP contribution in [0, 0.1) is 24.2 Å². The summed E-state index contributed by atoms with van der Waals surface area (Å²) in [6, 6.07) is 7.91. The van der Waals surface area contributed by atoms with Crippen LogP contribution >= 0.6 is 0 Å². The van der Waals surface area contributed by atoms with Gasteiger partial charge in [-0.05, 0) is 30.4 Å². The molecule has 0 fully saturated rings. The van der Waals surface area contributed by atoms with E-state index in [1.165, 1.54) is 0 Å². The molecule has 3 heteroatoms. The van der Waals surface area contributed by atoms with Gasteiger partial charge in [-0.25, -0.2) is 0 Å². The van der Waals surface area contributed by atoms with E-state index in [2.05, 4.69) is 30.6 Å². The first-order valence-electron chi connectivity index (χ1n) is 7.96. The molecule has 1 aromatic rings. The minimum absolute atomic E-state index is 0.0385. The van der Waals surface area contributed by atoms with Crippen molar-refractivity contribution in [1.29, 1.82) is 0 Å². The summed E-state index contributed by atoms with van der Waals surface area (Å²) in [5, 5.41) is 0. The fourth-order valence-corrected chi connectivity index (χ4v) is 2.72. The molecule has 2 rings (SSSR count). The summed E-state index contributed by atoms with van der Waals surface area (Å²) in [6.45, 7) is 7.26. The number of ether oxygens (including phenoxy) is 1. The van der Waals surface area contributed by atoms with Crippen LogP contribution < -0.4 is 4.74 Å². The number of allylic oxidation sites excluding steroid dienone is 2. The third kappa shape index (κ3) is 5.17. The Kier molecular flexibility index (Phi) is 5.50. The van der Waals surface area contributed by atoms with E-state index in [4.69, 9.17) is 4.74 Å². The zero-order valence-electron chi connectivity index (χ0n) is 14.5. The Morgan fingerprint density at radius 3 is 2.65 bits per heavy atom. The van der Waals surface area contributed by atoms with Crippen LogP contribution in [0.15, 0.2) is 36.0 Å². The van der Waals surface area contributed by atoms with E-state index in [0.717, 1.165) is 23.4 Å². The van der Waals surface area contributed by atoms with E-state index in [1.54, 1.807) is 6.08 Å². The Balaban J connectivity index is 1.84. The van der Waals surface area contributed by atoms with Crippen molar-refractivity contribution in [3.63, 3.8) is 0 Å². The monoisotopic (exact) mass is 311 g/mol. The van der Waals surface area contributed by atoms with E-state index in [1.807, 2.05) is 38.2 Å². The van der Waals surface area contributed by atoms with Gasteiger partial charge in [0.05, 0.1) is 6.54 Å². The molecule has 3 nitrogen and oxygen atoms in total. The van der Waals surface area contributed by atoms with E-state index >= 15 is 0 Å². The lowest BCUT2D eigenvalue weighted by molar-refractivity contribution is -0.117. The van der Waals surface area contributed by atoms with Crippen molar-refractivity contribution in [2.24, 2.45) is 5.41 Å². The van der Waals surface area contributed by atoms with E-state index < -0.39 is 0 Å². The molecule has 0 radical (unpaired) electrons. The molecule has 0 unspecified atom stereocenters. The van der Waals surface area contributed by atoms with Gasteiger partial charge in [0.15, 0.2) is 5.78 Å². The van der Waals surface area contributed by atoms with Crippen LogP contribution in [0.2, 0.25) is 0 Å². The van der Waals surface area contributed by atoms with Crippen LogP contribution in [0.1, 0.15) is 32.3 Å². The number of carbonyl (C=O) groups excluding carboxylic acids is 1. The number of hydrogen-bond donors (Lipinski definition) is 0. The minimum atomic E-state index is 0.0385. The number of aryl methyl sites for hydroxylation is 1. The molecule has 0 aliphatic heterocycles. The summed E-state index contributed by atoms with van der Waals surface area (Å²) < 4.78 is 5.65. The first kappa shape index (κ1) is 17.1. The van der Waals surface area contributed by atoms with Crippen LogP contribution in [-0.4, -0.2) is 30.9 Å². The van der Waals surface area contributed by atoms with Crippen LogP contribution in [-0.2, 0) is 4.79 Å². The number of hydrogen-bond acceptors (Lipinski definition) is 3. The minimum Gasteiger partial charge on any atom is -0.481 e. The van der Waals surface area contributed by atoms with Gasteiger partial charge in [0.1, 0.15) is 12.4 Å². The second-order valence-electron chi connectivity index (χ2n) is 6.88. The Hall–Kier alpha value is -2.21. The number of rotatable bonds is 4. The average molecular weight is 311 g/mol. The maximum absolute atomic E-state index is 11.8. The van der Waals surface area contributed by atoms with Crippen molar-refractivity contribution >= 4 is 5.78 Å². The summed E-state index contributed by atoms with van der Waals surface area (Å²) in [7, 11) is 1.98. The van der Waals surface area contributed by atoms with Crippen molar-refractivity contribution < 1.29 is 9.53 Å². The molecule has 0 N–H and O–H groups in total. The van der Waals surface area contributed by atoms with Gasteiger partial charge in [0.2, 0.25) is 0 Å². The van der Waals surface area contributed by atoms with Gasteiger partial charge >= 0.3 is 0 Å². The third-order valence-corrected chi connectivity index (χ3v) is 3.97. The smallest absolute Gasteiger partial charge is 0.157 e. The molecule has 1 aliphatic carbocycles. The first-order chi connectivity index (χ1) is 10.9. The molecule has 0 saturated heterocycles. The highest BCUT2D eigenvalue weighted by atomic mass is 16.5. The van der Waals surface area contributed by atoms with Crippen LogP contribution in [0.4, 0.5) is 0 Å². The van der Waals surface area contributed by atoms with Crippen molar-refractivity contribution in [2.45, 2.75) is 33.6 Å². The lowest BCUT2D eigenvalue weighted by Crippen LogP contribution is -2.29. The van der Waals surface area contributed by atoms with Gasteiger partial charge in [0.25, 0.3) is 0 Å². The highest BCUT2D eigenvalue weighted by molar-refractivity contribution is 5.91. The van der Waals surface area contributed by atoms with Crippen molar-refractivity contribution in [3.8, 4) is 17.6 Å². The molecule has 23 heavy (non-hydrogen) atoms. The van der Waals surface area contributed by atoms with Gasteiger partial charge in [-0.3, -0.25) is 4.79 Å². The summed E-state index contributed by atoms with van der Waals surface area (Å²) in [6.07, 6.45) is 3.30. The van der Waals surface area contributed by atoms with Crippen LogP contribution in [0.25, 0.3) is 0 Å². The normalized spacial score (nSPS) is 16.2. The highest BCUT2D eigenvalue weighted by Gasteiger charge is 2.28. The van der Waals surface area contributed by atoms with Gasteiger partial charge < -0.3 is 9.64 Å². The predicted octanol–water partition coefficient (Wildman–Crippen LogP) is 3.58. The van der Waals surface area contributed by atoms with E-state index in [0.29, 0.717) is 19.6 Å². The van der Waals surface area contributed by atoms with Gasteiger partial charge in [-0.1, -0.05) is 43.9 Å². The van der Waals surface area contributed by atoms with Gasteiger partial charge in [-0.15, -0.1) is 0 Å². The number of ketones is 1. The summed E-state index contributed by atoms with van der Waals surface area (Å²) in [5.41, 5.74) is 2.22. The topological polar surface area (TPSA) is 29.5 Å². The number of benzene rings is 1. The molecule has 0 atom stereocenters. The quantitative estimate of drug-likeness (QED) is 0.796. The van der Waals surface area contributed by atoms with Crippen LogP contribution in [0.5, 0.6) is 5.75 Å². The average Bonchev–Trinajstić information content (AvgIpc) is 2.46. The molecule has 122 valence electrons. The molecule has 0 bridgehead atoms. The van der Waals surface area contributed by atoms with Gasteiger partial charge in [-0.2, -0.15) is 0 Å². The zero-order valence-corrected chi connectivity index (χ0v) is 14.5. The molecule has 0 saturated carbocycles. The SMILES string of the molecule is Cc1ccccc1OCC#CCN(C)C1=CC(=O)CC(C)(C)C1. The summed E-state index contributed by atoms with van der Waals surface area (Å²) >= 11 is 0. The summed E-state index contributed by atoms with van der Waals surface area (Å²) in [5.74, 6) is 7.23. The fourth-order valence-electron chi connectivity index (χ4n) is 2.72. The molecule has 1 aromatic carbocycles. The summed E-state index contributed by atoms with van der Waals surface area (Å²) in [4.78, 5) is 13.9. The molecular formula is C20H25NO2. The Labute approximate surface area is 139 Å². The second kappa shape index (κ2) is 7.37. The Morgan fingerprint density at radius 1 is 1.22 bits per heavy atom. The van der Waals surface area contributed by atoms with E-state index in [-0.39, 0.29) is 11.2 Å². The van der Waals surface area contributed by atoms with Crippen molar-refractivity contribution in [1.82, 2.24) is 4.90 Å². The third-order valence-electron chi connectivity index (χ3n) is 3.97. The van der Waals surface area contributed by atoms with Gasteiger partial charge in [0, 0.05) is 25.2 Å². The van der Waals surface area contributed by atoms with Crippen LogP contribution in [0.3, 0.4) is 0 Å². The number of carbonyl (C=O) groups is 1. The molecule has 0 amide bonds. The second-order valence-corrected chi connectivity index (χ2v) is 6.88. The molecule has 0 aromatic heterocycles. The Bertz CT molecular complexity index is 662. The lowest BCUT2D eigenvalue weighted by Gasteiger charge is -2.32. The predicted molar refractivity (Wildman–Crippen MR) is 93.2 cm³/mol. The van der Waals surface area contributed by atoms with Crippen molar-refractivity contribution in [2.75, 3.05) is 20.2 Å². The molecule has 0 heterocycles.